The molecule has 1 fully saturated rings. The number of aryl methyl sites for hydroxylation is 2. The number of rotatable bonds is 10. The number of ether oxygens (including phenoxy) is 2. The number of nitrogens with one attached hydrogen (secondary N) is 1. The zero-order valence-electron chi connectivity index (χ0n) is 20.1. The Kier molecular flexibility index (Phi) is 8.04. The highest BCUT2D eigenvalue weighted by atomic mass is 32.2. The van der Waals surface area contributed by atoms with Crippen molar-refractivity contribution in [1.82, 2.24) is 14.6 Å². The summed E-state index contributed by atoms with van der Waals surface area (Å²) in [7, 11) is -3.98. The first-order valence-electron chi connectivity index (χ1n) is 11.5. The van der Waals surface area contributed by atoms with Crippen LogP contribution < -0.4 is 10.1 Å². The fourth-order valence-electron chi connectivity index (χ4n) is 3.71. The van der Waals surface area contributed by atoms with E-state index in [1.165, 1.54) is 0 Å². The van der Waals surface area contributed by atoms with Crippen molar-refractivity contribution < 1.29 is 32.2 Å². The minimum Gasteiger partial charge on any atom is -0.487 e. The van der Waals surface area contributed by atoms with Crippen LogP contribution in [0, 0.1) is 13.8 Å². The first kappa shape index (κ1) is 25.8. The molecule has 0 radical (unpaired) electrons. The summed E-state index contributed by atoms with van der Waals surface area (Å²) in [5.74, 6) is 0.509. The van der Waals surface area contributed by atoms with E-state index in [1.807, 2.05) is 38.1 Å². The zero-order chi connectivity index (χ0) is 25.7. The molecule has 1 atom stereocenters. The van der Waals surface area contributed by atoms with Gasteiger partial charge in [0, 0.05) is 25.2 Å². The van der Waals surface area contributed by atoms with Crippen LogP contribution in [0.3, 0.4) is 0 Å². The molecule has 1 unspecified atom stereocenters. The maximum atomic E-state index is 13.0. The average molecular weight is 516 g/mol. The van der Waals surface area contributed by atoms with Crippen molar-refractivity contribution in [1.29, 1.82) is 0 Å². The number of nitrogens with zero attached hydrogens (tertiary/aromatic N) is 2. The van der Waals surface area contributed by atoms with E-state index in [4.69, 9.17) is 13.9 Å². The molecule has 3 aromatic rings. The molecule has 2 heterocycles. The number of aromatic nitrogens is 1. The molecule has 10 nitrogen and oxygen atoms in total. The van der Waals surface area contributed by atoms with Gasteiger partial charge in [-0.15, -0.1) is 0 Å². The van der Waals surface area contributed by atoms with Crippen LogP contribution in [0.4, 0.5) is 0 Å². The fraction of sp³-hybridized carbons (Fsp3) is 0.360. The molecule has 1 aliphatic rings. The minimum absolute atomic E-state index is 0.100. The normalized spacial score (nSPS) is 16.2. The van der Waals surface area contributed by atoms with Crippen molar-refractivity contribution in [3.05, 3.63) is 71.1 Å². The molecule has 0 bridgehead atoms. The molecule has 0 amide bonds. The Labute approximate surface area is 209 Å². The lowest BCUT2D eigenvalue weighted by Gasteiger charge is -2.29. The van der Waals surface area contributed by atoms with Gasteiger partial charge in [-0.1, -0.05) is 29.8 Å². The Balaban J connectivity index is 1.40. The number of carbonyl (C=O) groups is 1. The van der Waals surface area contributed by atoms with Gasteiger partial charge in [0.05, 0.1) is 6.61 Å². The topological polar surface area (TPSA) is 131 Å². The number of carboxylic acids is 1. The molecule has 4 rings (SSSR count). The van der Waals surface area contributed by atoms with Crippen molar-refractivity contribution in [2.75, 3.05) is 26.2 Å². The van der Waals surface area contributed by atoms with E-state index >= 15 is 0 Å². The van der Waals surface area contributed by atoms with E-state index in [0.717, 1.165) is 15.4 Å². The summed E-state index contributed by atoms with van der Waals surface area (Å²) in [6.07, 6.45) is 0. The number of benzene rings is 2. The number of morpholine rings is 1. The highest BCUT2D eigenvalue weighted by molar-refractivity contribution is 7.89. The highest BCUT2D eigenvalue weighted by Crippen LogP contribution is 2.24. The number of sulfonamides is 1. The van der Waals surface area contributed by atoms with Crippen molar-refractivity contribution >= 4 is 16.0 Å². The van der Waals surface area contributed by atoms with Gasteiger partial charge < -0.3 is 24.3 Å². The standard InChI is InChI=1S/C25H29N3O7S/c1-17-3-7-20(8-4-17)25-27-22(18(2)35-25)16-34-21-9-5-19(6-10-21)14-28(15-23(29)30)36(31,32)24-13-26-11-12-33-24/h3-10,24,26H,11-16H2,1-2H3,(H,29,30). The van der Waals surface area contributed by atoms with Gasteiger partial charge in [0.15, 0.2) is 5.44 Å². The molecule has 2 N–H and O–H groups in total. The lowest BCUT2D eigenvalue weighted by molar-refractivity contribution is -0.137. The smallest absolute Gasteiger partial charge is 0.318 e. The van der Waals surface area contributed by atoms with E-state index < -0.39 is 28.0 Å². The number of hydrogen-bond acceptors (Lipinski definition) is 8. The van der Waals surface area contributed by atoms with E-state index in [9.17, 15) is 18.3 Å². The van der Waals surface area contributed by atoms with Crippen LogP contribution in [0.25, 0.3) is 11.5 Å². The predicted octanol–water partition coefficient (Wildman–Crippen LogP) is 2.70. The van der Waals surface area contributed by atoms with Gasteiger partial charge in [0.25, 0.3) is 0 Å². The summed E-state index contributed by atoms with van der Waals surface area (Å²) < 4.78 is 43.9. The summed E-state index contributed by atoms with van der Waals surface area (Å²) in [5.41, 5.74) is 2.21. The molecule has 0 aliphatic carbocycles. The molecule has 1 saturated heterocycles. The molecule has 0 spiro atoms. The molecule has 2 aromatic carbocycles. The Morgan fingerprint density at radius 1 is 1.17 bits per heavy atom. The lowest BCUT2D eigenvalue weighted by Crippen LogP contribution is -2.49. The van der Waals surface area contributed by atoms with E-state index in [-0.39, 0.29) is 26.3 Å². The quantitative estimate of drug-likeness (QED) is 0.418. The second-order valence-corrected chi connectivity index (χ2v) is 10.6. The Bertz CT molecular complexity index is 1280. The molecule has 11 heteroatoms. The van der Waals surface area contributed by atoms with Crippen LogP contribution in [0.5, 0.6) is 5.75 Å². The van der Waals surface area contributed by atoms with Crippen LogP contribution in [0.15, 0.2) is 52.9 Å². The summed E-state index contributed by atoms with van der Waals surface area (Å²) >= 11 is 0. The fourth-order valence-corrected chi connectivity index (χ4v) is 5.26. The largest absolute Gasteiger partial charge is 0.487 e. The van der Waals surface area contributed by atoms with Crippen molar-refractivity contribution in [2.45, 2.75) is 32.4 Å². The first-order chi connectivity index (χ1) is 17.2. The molecular weight excluding hydrogens is 486 g/mol. The molecular formula is C25H29N3O7S. The number of hydrogen-bond donors (Lipinski definition) is 2. The summed E-state index contributed by atoms with van der Waals surface area (Å²) in [6.45, 7) is 4.19. The van der Waals surface area contributed by atoms with Gasteiger partial charge in [0.2, 0.25) is 15.9 Å². The monoisotopic (exact) mass is 515 g/mol. The van der Waals surface area contributed by atoms with Crippen LogP contribution in [0.1, 0.15) is 22.6 Å². The SMILES string of the molecule is Cc1ccc(-c2nc(COc3ccc(CN(CC(=O)O)S(=O)(=O)C4CNCCO4)cc3)c(C)o2)cc1. The summed E-state index contributed by atoms with van der Waals surface area (Å²) in [6, 6.07) is 14.7. The molecule has 1 aliphatic heterocycles. The van der Waals surface area contributed by atoms with Gasteiger partial charge in [-0.05, 0) is 43.7 Å². The Hall–Kier alpha value is -3.25. The highest BCUT2D eigenvalue weighted by Gasteiger charge is 2.35. The van der Waals surface area contributed by atoms with Gasteiger partial charge >= 0.3 is 5.97 Å². The van der Waals surface area contributed by atoms with Gasteiger partial charge in [0.1, 0.15) is 30.4 Å². The van der Waals surface area contributed by atoms with E-state index in [0.29, 0.717) is 35.2 Å². The number of carboxylic acid groups (broad SMARTS) is 1. The summed E-state index contributed by atoms with van der Waals surface area (Å²) in [5, 5.41) is 12.2. The maximum absolute atomic E-state index is 13.0. The van der Waals surface area contributed by atoms with Gasteiger partial charge in [-0.3, -0.25) is 4.79 Å². The summed E-state index contributed by atoms with van der Waals surface area (Å²) in [4.78, 5) is 15.9. The molecule has 1 aromatic heterocycles. The maximum Gasteiger partial charge on any atom is 0.318 e. The molecule has 0 saturated carbocycles. The van der Waals surface area contributed by atoms with Crippen molar-refractivity contribution in [2.24, 2.45) is 0 Å². The van der Waals surface area contributed by atoms with Crippen molar-refractivity contribution in [3.63, 3.8) is 0 Å². The lowest BCUT2D eigenvalue weighted by atomic mass is 10.1. The van der Waals surface area contributed by atoms with Gasteiger partial charge in [-0.2, -0.15) is 4.31 Å². The average Bonchev–Trinajstić information content (AvgIpc) is 3.24. The number of aliphatic carboxylic acids is 1. The second kappa shape index (κ2) is 11.2. The third-order valence-corrected chi connectivity index (χ3v) is 7.69. The molecule has 36 heavy (non-hydrogen) atoms. The number of oxazole rings is 1. The van der Waals surface area contributed by atoms with Crippen molar-refractivity contribution in [3.8, 4) is 17.2 Å². The van der Waals surface area contributed by atoms with Crippen LogP contribution >= 0.6 is 0 Å². The second-order valence-electron chi connectivity index (χ2n) is 8.53. The molecule has 192 valence electrons. The zero-order valence-corrected chi connectivity index (χ0v) is 21.0. The Morgan fingerprint density at radius 2 is 1.89 bits per heavy atom. The third kappa shape index (κ3) is 6.30. The minimum atomic E-state index is -3.98. The van der Waals surface area contributed by atoms with E-state index in [1.54, 1.807) is 24.3 Å². The van der Waals surface area contributed by atoms with Gasteiger partial charge in [-0.25, -0.2) is 13.4 Å². The van der Waals surface area contributed by atoms with Crippen LogP contribution in [-0.2, 0) is 32.7 Å². The van der Waals surface area contributed by atoms with Crippen LogP contribution in [-0.4, -0.2) is 60.5 Å². The predicted molar refractivity (Wildman–Crippen MR) is 132 cm³/mol. The third-order valence-electron chi connectivity index (χ3n) is 5.75. The van der Waals surface area contributed by atoms with Crippen LogP contribution in [0.2, 0.25) is 0 Å². The van der Waals surface area contributed by atoms with E-state index in [2.05, 4.69) is 10.3 Å². The Morgan fingerprint density at radius 3 is 2.53 bits per heavy atom. The first-order valence-corrected chi connectivity index (χ1v) is 13.0.